The Kier molecular flexibility index (Phi) is 6.46. The van der Waals surface area contributed by atoms with E-state index < -0.39 is 0 Å². The molecule has 0 unspecified atom stereocenters. The molecule has 138 valence electrons. The Labute approximate surface area is 165 Å². The first-order valence-electron chi connectivity index (χ1n) is 8.21. The highest BCUT2D eigenvalue weighted by atomic mass is 35.5. The van der Waals surface area contributed by atoms with Crippen LogP contribution in [0.5, 0.6) is 0 Å². The number of hydrogen-bond donors (Lipinski definition) is 2. The van der Waals surface area contributed by atoms with Crippen molar-refractivity contribution in [3.8, 4) is 10.4 Å². The van der Waals surface area contributed by atoms with E-state index in [2.05, 4.69) is 10.6 Å². The molecular weight excluding hydrogens is 384 g/mol. The molecule has 0 saturated heterocycles. The summed E-state index contributed by atoms with van der Waals surface area (Å²) in [6.07, 6.45) is 4.67. The van der Waals surface area contributed by atoms with Gasteiger partial charge < -0.3 is 15.1 Å². The molecule has 7 heteroatoms. The lowest BCUT2D eigenvalue weighted by atomic mass is 10.2. The molecule has 0 aliphatic rings. The van der Waals surface area contributed by atoms with E-state index in [1.54, 1.807) is 29.5 Å². The lowest BCUT2D eigenvalue weighted by Gasteiger charge is -2.03. The van der Waals surface area contributed by atoms with Crippen molar-refractivity contribution in [2.45, 2.75) is 6.54 Å². The molecule has 3 aromatic rings. The molecule has 0 atom stereocenters. The number of amides is 2. The predicted molar refractivity (Wildman–Crippen MR) is 107 cm³/mol. The van der Waals surface area contributed by atoms with Gasteiger partial charge in [0.1, 0.15) is 5.76 Å². The van der Waals surface area contributed by atoms with Gasteiger partial charge in [0.05, 0.1) is 19.4 Å². The molecule has 2 N–H and O–H groups in total. The molecule has 0 aliphatic heterocycles. The fourth-order valence-corrected chi connectivity index (χ4v) is 3.38. The van der Waals surface area contributed by atoms with Crippen LogP contribution >= 0.6 is 22.9 Å². The zero-order valence-corrected chi connectivity index (χ0v) is 15.8. The molecule has 0 radical (unpaired) electrons. The molecule has 0 aliphatic carbocycles. The molecular formula is C20H17ClN2O3S. The van der Waals surface area contributed by atoms with E-state index in [4.69, 9.17) is 16.0 Å². The fraction of sp³-hybridized carbons (Fsp3) is 0.100. The molecule has 0 spiro atoms. The summed E-state index contributed by atoms with van der Waals surface area (Å²) in [5.41, 5.74) is 1.03. The summed E-state index contributed by atoms with van der Waals surface area (Å²) in [5.74, 6) is 0.0381. The lowest BCUT2D eigenvalue weighted by Crippen LogP contribution is -2.35. The third kappa shape index (κ3) is 5.84. The number of halogens is 1. The van der Waals surface area contributed by atoms with Gasteiger partial charge >= 0.3 is 0 Å². The Morgan fingerprint density at radius 3 is 2.78 bits per heavy atom. The Hall–Kier alpha value is -2.83. The number of carbonyl (C=O) groups is 2. The molecule has 0 fully saturated rings. The van der Waals surface area contributed by atoms with E-state index in [-0.39, 0.29) is 18.4 Å². The minimum Gasteiger partial charge on any atom is -0.467 e. The maximum absolute atomic E-state index is 11.9. The minimum absolute atomic E-state index is 0.0952. The van der Waals surface area contributed by atoms with Crippen LogP contribution in [0.25, 0.3) is 16.5 Å². The molecule has 3 rings (SSSR count). The van der Waals surface area contributed by atoms with E-state index in [1.165, 1.54) is 12.3 Å². The summed E-state index contributed by atoms with van der Waals surface area (Å²) < 4.78 is 5.12. The Balaban J connectivity index is 1.46. The standard InChI is InChI=1S/C20H17ClN2O3S/c21-15-4-1-3-14(11-15)18-8-6-17(27-18)7-9-19(24)23-13-20(25)22-12-16-5-2-10-26-16/h1-11H,12-13H2,(H,22,25)(H,23,24)/b9-7+. The van der Waals surface area contributed by atoms with E-state index in [9.17, 15) is 9.59 Å². The largest absolute Gasteiger partial charge is 0.467 e. The van der Waals surface area contributed by atoms with Crippen molar-refractivity contribution in [2.75, 3.05) is 6.54 Å². The van der Waals surface area contributed by atoms with E-state index in [0.717, 1.165) is 15.3 Å². The minimum atomic E-state index is -0.333. The van der Waals surface area contributed by atoms with Crippen molar-refractivity contribution >= 4 is 40.8 Å². The third-order valence-electron chi connectivity index (χ3n) is 3.60. The van der Waals surface area contributed by atoms with Gasteiger partial charge in [0, 0.05) is 20.9 Å². The molecule has 1 aromatic carbocycles. The molecule has 0 saturated carbocycles. The van der Waals surface area contributed by atoms with Crippen LogP contribution < -0.4 is 10.6 Å². The van der Waals surface area contributed by atoms with Crippen molar-refractivity contribution in [3.05, 3.63) is 76.5 Å². The van der Waals surface area contributed by atoms with Crippen LogP contribution in [0.4, 0.5) is 0 Å². The van der Waals surface area contributed by atoms with Crippen molar-refractivity contribution in [1.29, 1.82) is 0 Å². The second-order valence-electron chi connectivity index (χ2n) is 5.62. The van der Waals surface area contributed by atoms with E-state index in [0.29, 0.717) is 17.3 Å². The summed E-state index contributed by atoms with van der Waals surface area (Å²) >= 11 is 7.57. The summed E-state index contributed by atoms with van der Waals surface area (Å²) in [6.45, 7) is 0.196. The smallest absolute Gasteiger partial charge is 0.244 e. The van der Waals surface area contributed by atoms with Crippen LogP contribution in [0.15, 0.2) is 65.3 Å². The average Bonchev–Trinajstić information content (AvgIpc) is 3.35. The average molecular weight is 401 g/mol. The van der Waals surface area contributed by atoms with Crippen LogP contribution in [0.2, 0.25) is 5.02 Å². The second kappa shape index (κ2) is 9.21. The number of hydrogen-bond acceptors (Lipinski definition) is 4. The number of carbonyl (C=O) groups excluding carboxylic acids is 2. The highest BCUT2D eigenvalue weighted by molar-refractivity contribution is 7.16. The molecule has 2 heterocycles. The highest BCUT2D eigenvalue weighted by Crippen LogP contribution is 2.30. The quantitative estimate of drug-likeness (QED) is 0.586. The third-order valence-corrected chi connectivity index (χ3v) is 4.93. The van der Waals surface area contributed by atoms with Crippen molar-refractivity contribution in [1.82, 2.24) is 10.6 Å². The van der Waals surface area contributed by atoms with Crippen molar-refractivity contribution in [3.63, 3.8) is 0 Å². The summed E-state index contributed by atoms with van der Waals surface area (Å²) in [4.78, 5) is 25.6. The first-order chi connectivity index (χ1) is 13.1. The van der Waals surface area contributed by atoms with Crippen LogP contribution in [0.1, 0.15) is 10.6 Å². The van der Waals surface area contributed by atoms with Gasteiger partial charge in [-0.05, 0) is 48.0 Å². The van der Waals surface area contributed by atoms with Gasteiger partial charge in [0.15, 0.2) is 0 Å². The molecule has 0 bridgehead atoms. The maximum Gasteiger partial charge on any atom is 0.244 e. The topological polar surface area (TPSA) is 71.3 Å². The van der Waals surface area contributed by atoms with Gasteiger partial charge in [0.25, 0.3) is 0 Å². The summed E-state index contributed by atoms with van der Waals surface area (Å²) in [7, 11) is 0. The van der Waals surface area contributed by atoms with Gasteiger partial charge in [-0.2, -0.15) is 0 Å². The molecule has 2 aromatic heterocycles. The predicted octanol–water partition coefficient (Wildman–Crippen LogP) is 4.11. The van der Waals surface area contributed by atoms with E-state index >= 15 is 0 Å². The number of nitrogens with one attached hydrogen (secondary N) is 2. The zero-order chi connectivity index (χ0) is 19.1. The second-order valence-corrected chi connectivity index (χ2v) is 7.17. The number of furan rings is 1. The van der Waals surface area contributed by atoms with Gasteiger partial charge in [-0.3, -0.25) is 9.59 Å². The Morgan fingerprint density at radius 1 is 1.11 bits per heavy atom. The number of rotatable bonds is 7. The van der Waals surface area contributed by atoms with Gasteiger partial charge in [-0.15, -0.1) is 11.3 Å². The monoisotopic (exact) mass is 400 g/mol. The lowest BCUT2D eigenvalue weighted by molar-refractivity contribution is -0.124. The Morgan fingerprint density at radius 2 is 2.00 bits per heavy atom. The molecule has 27 heavy (non-hydrogen) atoms. The first kappa shape index (κ1) is 18.9. The van der Waals surface area contributed by atoms with Crippen LogP contribution in [-0.2, 0) is 16.1 Å². The molecule has 2 amide bonds. The van der Waals surface area contributed by atoms with Gasteiger partial charge in [0.2, 0.25) is 11.8 Å². The summed E-state index contributed by atoms with van der Waals surface area (Å²) in [6, 6.07) is 15.0. The maximum atomic E-state index is 11.9. The summed E-state index contributed by atoms with van der Waals surface area (Å²) in [5, 5.41) is 5.89. The van der Waals surface area contributed by atoms with Crippen LogP contribution in [0, 0.1) is 0 Å². The first-order valence-corrected chi connectivity index (χ1v) is 9.40. The number of benzene rings is 1. The van der Waals surface area contributed by atoms with E-state index in [1.807, 2.05) is 36.4 Å². The zero-order valence-electron chi connectivity index (χ0n) is 14.3. The van der Waals surface area contributed by atoms with Gasteiger partial charge in [-0.25, -0.2) is 0 Å². The van der Waals surface area contributed by atoms with Crippen LogP contribution in [0.3, 0.4) is 0 Å². The molecule has 5 nitrogen and oxygen atoms in total. The SMILES string of the molecule is O=C(/C=C/c1ccc(-c2cccc(Cl)c2)s1)NCC(=O)NCc1ccco1. The van der Waals surface area contributed by atoms with Crippen LogP contribution in [-0.4, -0.2) is 18.4 Å². The van der Waals surface area contributed by atoms with Crippen molar-refractivity contribution < 1.29 is 14.0 Å². The van der Waals surface area contributed by atoms with Gasteiger partial charge in [-0.1, -0.05) is 23.7 Å². The number of thiophene rings is 1. The Bertz CT molecular complexity index is 948. The normalized spacial score (nSPS) is 10.9. The van der Waals surface area contributed by atoms with Crippen molar-refractivity contribution in [2.24, 2.45) is 0 Å². The highest BCUT2D eigenvalue weighted by Gasteiger charge is 2.05. The fourth-order valence-electron chi connectivity index (χ4n) is 2.28.